The minimum Gasteiger partial charge on any atom is -0.359 e. The van der Waals surface area contributed by atoms with E-state index in [2.05, 4.69) is 4.90 Å². The minimum atomic E-state index is -0.414. The molecule has 1 heterocycles. The van der Waals surface area contributed by atoms with E-state index >= 15 is 0 Å². The molecule has 0 spiro atoms. The normalized spacial score (nSPS) is 19.6. The molecule has 7 heteroatoms. The second-order valence-corrected chi connectivity index (χ2v) is 4.92. The van der Waals surface area contributed by atoms with Gasteiger partial charge in [-0.15, -0.1) is 0 Å². The Morgan fingerprint density at radius 3 is 2.90 bits per heavy atom. The molecule has 20 heavy (non-hydrogen) atoms. The van der Waals surface area contributed by atoms with Crippen molar-refractivity contribution in [2.24, 2.45) is 5.73 Å². The number of benzene rings is 1. The molecule has 1 aromatic carbocycles. The highest BCUT2D eigenvalue weighted by atomic mass is 16.6. The third kappa shape index (κ3) is 2.71. The fourth-order valence-corrected chi connectivity index (χ4v) is 2.51. The molecule has 7 nitrogen and oxygen atoms in total. The standard InChI is InChI=1S/C13H17N5O2/c1-16-4-5-17(11(8-15)9-16)13-6-10(7-14)2-3-12(13)18(19)20/h2-3,6,11H,4-5,8-9,15H2,1H3. The van der Waals surface area contributed by atoms with Gasteiger partial charge in [0.25, 0.3) is 5.69 Å². The van der Waals surface area contributed by atoms with E-state index < -0.39 is 4.92 Å². The molecular weight excluding hydrogens is 258 g/mol. The van der Waals surface area contributed by atoms with Crippen LogP contribution in [-0.2, 0) is 0 Å². The summed E-state index contributed by atoms with van der Waals surface area (Å²) in [5.41, 5.74) is 6.71. The topological polar surface area (TPSA) is 99.4 Å². The van der Waals surface area contributed by atoms with Gasteiger partial charge in [-0.05, 0) is 19.2 Å². The maximum Gasteiger partial charge on any atom is 0.292 e. The fourth-order valence-electron chi connectivity index (χ4n) is 2.51. The van der Waals surface area contributed by atoms with Crippen LogP contribution in [0, 0.1) is 21.4 Å². The van der Waals surface area contributed by atoms with E-state index in [4.69, 9.17) is 11.0 Å². The second-order valence-electron chi connectivity index (χ2n) is 4.92. The summed E-state index contributed by atoms with van der Waals surface area (Å²) in [5.74, 6) is 0. The molecule has 1 fully saturated rings. The highest BCUT2D eigenvalue weighted by Crippen LogP contribution is 2.31. The number of hydrogen-bond acceptors (Lipinski definition) is 6. The largest absolute Gasteiger partial charge is 0.359 e. The molecule has 1 aromatic rings. The third-order valence-electron chi connectivity index (χ3n) is 3.57. The number of nitro benzene ring substituents is 1. The number of rotatable bonds is 3. The fraction of sp³-hybridized carbons (Fsp3) is 0.462. The van der Waals surface area contributed by atoms with Crippen LogP contribution in [0.2, 0.25) is 0 Å². The van der Waals surface area contributed by atoms with Crippen LogP contribution >= 0.6 is 0 Å². The van der Waals surface area contributed by atoms with E-state index in [1.807, 2.05) is 18.0 Å². The Morgan fingerprint density at radius 1 is 1.55 bits per heavy atom. The SMILES string of the molecule is CN1CCN(c2cc(C#N)ccc2[N+](=O)[O-])C(CN)C1. The number of nitrogens with two attached hydrogens (primary N) is 1. The Labute approximate surface area is 117 Å². The van der Waals surface area contributed by atoms with Gasteiger partial charge in [0.05, 0.1) is 22.6 Å². The molecule has 1 aliphatic heterocycles. The number of nitro groups is 1. The molecular formula is C13H17N5O2. The minimum absolute atomic E-state index is 0.0152. The molecule has 106 valence electrons. The Morgan fingerprint density at radius 2 is 2.30 bits per heavy atom. The highest BCUT2D eigenvalue weighted by Gasteiger charge is 2.29. The van der Waals surface area contributed by atoms with Crippen molar-refractivity contribution >= 4 is 11.4 Å². The summed E-state index contributed by atoms with van der Waals surface area (Å²) < 4.78 is 0. The van der Waals surface area contributed by atoms with Crippen molar-refractivity contribution in [3.8, 4) is 6.07 Å². The zero-order valence-corrected chi connectivity index (χ0v) is 11.3. The number of hydrogen-bond donors (Lipinski definition) is 1. The molecule has 1 unspecified atom stereocenters. The molecule has 1 aliphatic rings. The van der Waals surface area contributed by atoms with Crippen LogP contribution in [0.4, 0.5) is 11.4 Å². The van der Waals surface area contributed by atoms with Crippen LogP contribution in [-0.4, -0.2) is 49.1 Å². The Kier molecular flexibility index (Phi) is 4.17. The highest BCUT2D eigenvalue weighted by molar-refractivity contribution is 5.66. The van der Waals surface area contributed by atoms with Crippen molar-refractivity contribution in [3.63, 3.8) is 0 Å². The molecule has 1 saturated heterocycles. The predicted molar refractivity (Wildman–Crippen MR) is 75.5 cm³/mol. The van der Waals surface area contributed by atoms with E-state index in [1.165, 1.54) is 12.1 Å². The lowest BCUT2D eigenvalue weighted by Crippen LogP contribution is -2.55. The smallest absolute Gasteiger partial charge is 0.292 e. The quantitative estimate of drug-likeness (QED) is 0.638. The Balaban J connectivity index is 2.44. The number of piperazine rings is 1. The van der Waals surface area contributed by atoms with Crippen molar-refractivity contribution in [2.45, 2.75) is 6.04 Å². The van der Waals surface area contributed by atoms with Crippen LogP contribution in [0.15, 0.2) is 18.2 Å². The number of likely N-dealkylation sites (N-methyl/N-ethyl adjacent to an activating group) is 1. The number of anilines is 1. The molecule has 0 saturated carbocycles. The van der Waals surface area contributed by atoms with Crippen LogP contribution in [0.1, 0.15) is 5.56 Å². The molecule has 0 amide bonds. The number of nitrogens with zero attached hydrogens (tertiary/aromatic N) is 4. The Hall–Kier alpha value is -2.17. The van der Waals surface area contributed by atoms with Gasteiger partial charge in [0, 0.05) is 32.2 Å². The molecule has 1 atom stereocenters. The summed E-state index contributed by atoms with van der Waals surface area (Å²) >= 11 is 0. The Bertz CT molecular complexity index is 554. The van der Waals surface area contributed by atoms with Crippen LogP contribution in [0.5, 0.6) is 0 Å². The van der Waals surface area contributed by atoms with Crippen molar-refractivity contribution < 1.29 is 4.92 Å². The molecule has 0 aromatic heterocycles. The molecule has 2 N–H and O–H groups in total. The molecule has 0 bridgehead atoms. The van der Waals surface area contributed by atoms with Gasteiger partial charge in [0.15, 0.2) is 0 Å². The van der Waals surface area contributed by atoms with Gasteiger partial charge in [-0.25, -0.2) is 0 Å². The zero-order valence-electron chi connectivity index (χ0n) is 11.3. The van der Waals surface area contributed by atoms with E-state index in [0.29, 0.717) is 24.3 Å². The summed E-state index contributed by atoms with van der Waals surface area (Å²) in [7, 11) is 2.00. The van der Waals surface area contributed by atoms with Crippen molar-refractivity contribution in [2.75, 3.05) is 38.1 Å². The monoisotopic (exact) mass is 275 g/mol. The van der Waals surface area contributed by atoms with Gasteiger partial charge in [-0.3, -0.25) is 10.1 Å². The van der Waals surface area contributed by atoms with Crippen LogP contribution in [0.3, 0.4) is 0 Å². The summed E-state index contributed by atoms with van der Waals surface area (Å²) in [6.45, 7) is 2.64. The van der Waals surface area contributed by atoms with Gasteiger partial charge in [0.2, 0.25) is 0 Å². The van der Waals surface area contributed by atoms with Crippen LogP contribution < -0.4 is 10.6 Å². The average molecular weight is 275 g/mol. The van der Waals surface area contributed by atoms with Crippen LogP contribution in [0.25, 0.3) is 0 Å². The van der Waals surface area contributed by atoms with Gasteiger partial charge in [-0.2, -0.15) is 5.26 Å². The zero-order chi connectivity index (χ0) is 14.7. The second kappa shape index (κ2) is 5.86. The van der Waals surface area contributed by atoms with E-state index in [1.54, 1.807) is 6.07 Å². The summed E-state index contributed by atoms with van der Waals surface area (Å²) in [6, 6.07) is 6.47. The van der Waals surface area contributed by atoms with E-state index in [-0.39, 0.29) is 11.7 Å². The first-order chi connectivity index (χ1) is 9.56. The first kappa shape index (κ1) is 14.2. The van der Waals surface area contributed by atoms with Gasteiger partial charge in [0.1, 0.15) is 5.69 Å². The lowest BCUT2D eigenvalue weighted by atomic mass is 10.1. The van der Waals surface area contributed by atoms with Crippen molar-refractivity contribution in [3.05, 3.63) is 33.9 Å². The van der Waals surface area contributed by atoms with Crippen molar-refractivity contribution in [1.29, 1.82) is 5.26 Å². The number of nitriles is 1. The first-order valence-electron chi connectivity index (χ1n) is 6.40. The van der Waals surface area contributed by atoms with E-state index in [9.17, 15) is 10.1 Å². The van der Waals surface area contributed by atoms with Gasteiger partial charge >= 0.3 is 0 Å². The lowest BCUT2D eigenvalue weighted by Gasteiger charge is -2.40. The molecule has 0 radical (unpaired) electrons. The summed E-state index contributed by atoms with van der Waals surface area (Å²) in [5, 5.41) is 20.2. The average Bonchev–Trinajstić information content (AvgIpc) is 2.46. The first-order valence-corrected chi connectivity index (χ1v) is 6.40. The maximum absolute atomic E-state index is 11.2. The van der Waals surface area contributed by atoms with E-state index in [0.717, 1.165) is 13.1 Å². The lowest BCUT2D eigenvalue weighted by molar-refractivity contribution is -0.384. The maximum atomic E-state index is 11.2. The molecule has 0 aliphatic carbocycles. The molecule has 2 rings (SSSR count). The predicted octanol–water partition coefficient (Wildman–Crippen LogP) is 0.546. The van der Waals surface area contributed by atoms with Gasteiger partial charge in [-0.1, -0.05) is 0 Å². The summed E-state index contributed by atoms with van der Waals surface area (Å²) in [4.78, 5) is 14.9. The van der Waals surface area contributed by atoms with Gasteiger partial charge < -0.3 is 15.5 Å². The summed E-state index contributed by atoms with van der Waals surface area (Å²) in [6.07, 6.45) is 0. The third-order valence-corrected chi connectivity index (χ3v) is 3.57. The van der Waals surface area contributed by atoms with Crippen molar-refractivity contribution in [1.82, 2.24) is 4.90 Å².